The maximum Gasteiger partial charge on any atom is 0.243 e. The molecule has 1 unspecified atom stereocenters. The Labute approximate surface area is 223 Å². The molecule has 3 aromatic carbocycles. The second-order valence-electron chi connectivity index (χ2n) is 9.97. The van der Waals surface area contributed by atoms with Crippen LogP contribution in [0.5, 0.6) is 11.5 Å². The molecule has 1 aliphatic rings. The first-order valence-corrected chi connectivity index (χ1v) is 13.1. The Morgan fingerprint density at radius 3 is 2.29 bits per heavy atom. The molecule has 4 rings (SSSR count). The number of carbonyl (C=O) groups excluding carboxylic acids is 2. The van der Waals surface area contributed by atoms with Gasteiger partial charge in [0.05, 0.1) is 0 Å². The normalized spacial score (nSPS) is 13.2. The van der Waals surface area contributed by atoms with E-state index in [9.17, 15) is 14.0 Å². The van der Waals surface area contributed by atoms with Gasteiger partial charge in [-0.2, -0.15) is 0 Å². The summed E-state index contributed by atoms with van der Waals surface area (Å²) in [6, 6.07) is 20.7. The Hall–Kier alpha value is -3.87. The number of halogens is 1. The van der Waals surface area contributed by atoms with Gasteiger partial charge in [0.1, 0.15) is 25.1 Å². The van der Waals surface area contributed by atoms with E-state index in [1.165, 1.54) is 12.1 Å². The number of ether oxygens (including phenoxy) is 2. The van der Waals surface area contributed by atoms with Crippen LogP contribution in [0.2, 0.25) is 0 Å². The van der Waals surface area contributed by atoms with E-state index in [1.807, 2.05) is 62.4 Å². The molecular weight excluding hydrogens is 483 g/mol. The number of nitrogens with zero attached hydrogens (tertiary/aromatic N) is 1. The Morgan fingerprint density at radius 1 is 0.895 bits per heavy atom. The van der Waals surface area contributed by atoms with Crippen LogP contribution in [0.15, 0.2) is 72.8 Å². The van der Waals surface area contributed by atoms with Crippen LogP contribution >= 0.6 is 0 Å². The number of amides is 2. The van der Waals surface area contributed by atoms with Crippen LogP contribution in [0.3, 0.4) is 0 Å². The van der Waals surface area contributed by atoms with E-state index in [4.69, 9.17) is 9.47 Å². The zero-order valence-electron chi connectivity index (χ0n) is 22.0. The molecule has 200 valence electrons. The molecule has 1 N–H and O–H groups in total. The number of fused-ring (bicyclic) bond motifs is 1. The number of aryl methyl sites for hydroxylation is 1. The van der Waals surface area contributed by atoms with Crippen LogP contribution in [-0.4, -0.2) is 42.5 Å². The minimum atomic E-state index is -0.714. The predicted octanol–water partition coefficient (Wildman–Crippen LogP) is 4.94. The van der Waals surface area contributed by atoms with Gasteiger partial charge in [-0.3, -0.25) is 9.59 Å². The highest BCUT2D eigenvalue weighted by molar-refractivity contribution is 5.88. The zero-order valence-corrected chi connectivity index (χ0v) is 22.0. The average Bonchev–Trinajstić information content (AvgIpc) is 2.93. The van der Waals surface area contributed by atoms with Crippen molar-refractivity contribution in [3.63, 3.8) is 0 Å². The Balaban J connectivity index is 1.58. The van der Waals surface area contributed by atoms with Gasteiger partial charge in [0, 0.05) is 25.9 Å². The molecule has 1 aliphatic heterocycles. The molecule has 7 heteroatoms. The topological polar surface area (TPSA) is 67.9 Å². The van der Waals surface area contributed by atoms with Crippen LogP contribution in [0.4, 0.5) is 4.39 Å². The summed E-state index contributed by atoms with van der Waals surface area (Å²) in [6.45, 7) is 5.79. The molecule has 0 radical (unpaired) electrons. The molecule has 0 saturated carbocycles. The van der Waals surface area contributed by atoms with Crippen LogP contribution in [0.1, 0.15) is 37.0 Å². The molecule has 2 amide bonds. The number of hydrogen-bond acceptors (Lipinski definition) is 4. The summed E-state index contributed by atoms with van der Waals surface area (Å²) in [6.07, 6.45) is 1.08. The number of benzene rings is 3. The highest BCUT2D eigenvalue weighted by atomic mass is 19.1. The monoisotopic (exact) mass is 518 g/mol. The summed E-state index contributed by atoms with van der Waals surface area (Å²) < 4.78 is 24.9. The summed E-state index contributed by atoms with van der Waals surface area (Å²) >= 11 is 0. The molecule has 0 aliphatic carbocycles. The predicted molar refractivity (Wildman–Crippen MR) is 144 cm³/mol. The smallest absolute Gasteiger partial charge is 0.243 e. The van der Waals surface area contributed by atoms with Gasteiger partial charge in [0.2, 0.25) is 11.8 Å². The first kappa shape index (κ1) is 27.2. The average molecular weight is 519 g/mol. The van der Waals surface area contributed by atoms with E-state index >= 15 is 0 Å². The van der Waals surface area contributed by atoms with E-state index in [0.717, 1.165) is 16.7 Å². The van der Waals surface area contributed by atoms with E-state index in [0.29, 0.717) is 44.1 Å². The van der Waals surface area contributed by atoms with Gasteiger partial charge in [-0.1, -0.05) is 62.4 Å². The Morgan fingerprint density at radius 2 is 1.58 bits per heavy atom. The highest BCUT2D eigenvalue weighted by Crippen LogP contribution is 2.31. The third-order valence-electron chi connectivity index (χ3n) is 6.46. The number of hydrogen-bond donors (Lipinski definition) is 1. The van der Waals surface area contributed by atoms with Crippen molar-refractivity contribution in [2.24, 2.45) is 5.92 Å². The van der Waals surface area contributed by atoms with Gasteiger partial charge in [-0.15, -0.1) is 0 Å². The number of rotatable bonds is 11. The Bertz CT molecular complexity index is 1210. The lowest BCUT2D eigenvalue weighted by Gasteiger charge is -2.32. The van der Waals surface area contributed by atoms with Gasteiger partial charge in [-0.05, 0) is 53.3 Å². The van der Waals surface area contributed by atoms with E-state index < -0.39 is 6.04 Å². The lowest BCUT2D eigenvalue weighted by Crippen LogP contribution is -2.51. The van der Waals surface area contributed by atoms with E-state index in [2.05, 4.69) is 5.32 Å². The molecule has 3 aromatic rings. The van der Waals surface area contributed by atoms with Crippen LogP contribution in [-0.2, 0) is 29.0 Å². The van der Waals surface area contributed by atoms with Crippen molar-refractivity contribution >= 4 is 11.8 Å². The number of carbonyl (C=O) groups is 2. The minimum Gasteiger partial charge on any atom is -0.486 e. The molecule has 1 atom stereocenters. The maximum absolute atomic E-state index is 13.8. The summed E-state index contributed by atoms with van der Waals surface area (Å²) in [5.41, 5.74) is 2.67. The van der Waals surface area contributed by atoms with Crippen molar-refractivity contribution in [1.82, 2.24) is 10.2 Å². The Kier molecular flexibility index (Phi) is 9.35. The maximum atomic E-state index is 13.8. The van der Waals surface area contributed by atoms with Gasteiger partial charge in [0.25, 0.3) is 0 Å². The van der Waals surface area contributed by atoms with Gasteiger partial charge in [0.15, 0.2) is 11.5 Å². The van der Waals surface area contributed by atoms with E-state index in [1.54, 1.807) is 17.0 Å². The highest BCUT2D eigenvalue weighted by Gasteiger charge is 2.30. The van der Waals surface area contributed by atoms with Gasteiger partial charge in [-0.25, -0.2) is 4.39 Å². The molecule has 6 nitrogen and oxygen atoms in total. The van der Waals surface area contributed by atoms with Crippen LogP contribution in [0, 0.1) is 11.7 Å². The van der Waals surface area contributed by atoms with Crippen molar-refractivity contribution < 1.29 is 23.5 Å². The van der Waals surface area contributed by atoms with Gasteiger partial charge >= 0.3 is 0 Å². The molecule has 1 heterocycles. The summed E-state index contributed by atoms with van der Waals surface area (Å²) in [4.78, 5) is 28.9. The molecule has 38 heavy (non-hydrogen) atoms. The molecular formula is C31H35FN2O4. The number of nitrogens with one attached hydrogen (secondary N) is 1. The summed E-state index contributed by atoms with van der Waals surface area (Å²) in [5, 5.41) is 3.02. The third-order valence-corrected chi connectivity index (χ3v) is 6.46. The SMILES string of the molecule is CC(C)CNC(=O)C(Cc1ccccc1)N(Cc1ccc(F)cc1)C(=O)CCc1ccc2c(c1)OCCO2. The fourth-order valence-corrected chi connectivity index (χ4v) is 4.40. The van der Waals surface area contributed by atoms with Crippen molar-refractivity contribution in [3.05, 3.63) is 95.3 Å². The standard InChI is InChI=1S/C31H35FN2O4/c1-22(2)20-33-31(36)27(18-23-6-4-3-5-7-23)34(21-25-8-12-26(32)13-9-25)30(35)15-11-24-10-14-28-29(19-24)38-17-16-37-28/h3-10,12-14,19,22,27H,11,15-18,20-21H2,1-2H3,(H,33,36). The van der Waals surface area contributed by atoms with Crippen molar-refractivity contribution in [2.75, 3.05) is 19.8 Å². The lowest BCUT2D eigenvalue weighted by molar-refractivity contribution is -0.141. The molecule has 0 aromatic heterocycles. The second-order valence-corrected chi connectivity index (χ2v) is 9.97. The minimum absolute atomic E-state index is 0.148. The summed E-state index contributed by atoms with van der Waals surface area (Å²) in [5.74, 6) is 0.962. The first-order chi connectivity index (χ1) is 18.4. The fraction of sp³-hybridized carbons (Fsp3) is 0.355. The fourth-order valence-electron chi connectivity index (χ4n) is 4.40. The lowest BCUT2D eigenvalue weighted by atomic mass is 10.0. The first-order valence-electron chi connectivity index (χ1n) is 13.1. The van der Waals surface area contributed by atoms with Crippen molar-refractivity contribution in [3.8, 4) is 11.5 Å². The molecule has 0 saturated heterocycles. The van der Waals surface area contributed by atoms with Crippen LogP contribution < -0.4 is 14.8 Å². The largest absolute Gasteiger partial charge is 0.486 e. The van der Waals surface area contributed by atoms with Crippen molar-refractivity contribution in [2.45, 2.75) is 45.7 Å². The summed E-state index contributed by atoms with van der Waals surface area (Å²) in [7, 11) is 0. The molecule has 0 bridgehead atoms. The third kappa shape index (κ3) is 7.57. The molecule has 0 fully saturated rings. The van der Waals surface area contributed by atoms with E-state index in [-0.39, 0.29) is 36.5 Å². The van der Waals surface area contributed by atoms with Gasteiger partial charge < -0.3 is 19.7 Å². The second kappa shape index (κ2) is 13.1. The zero-order chi connectivity index (χ0) is 26.9. The van der Waals surface area contributed by atoms with Crippen LogP contribution in [0.25, 0.3) is 0 Å². The molecule has 0 spiro atoms. The quantitative estimate of drug-likeness (QED) is 0.390. The van der Waals surface area contributed by atoms with Crippen molar-refractivity contribution in [1.29, 1.82) is 0 Å².